The average molecular weight is 263 g/mol. The number of hydrogen-bond acceptors (Lipinski definition) is 2. The number of hydrogen-bond donors (Lipinski definition) is 1. The van der Waals surface area contributed by atoms with Crippen molar-refractivity contribution < 1.29 is 0 Å². The molecule has 108 valence electrons. The van der Waals surface area contributed by atoms with Gasteiger partial charge in [-0.3, -0.25) is 4.68 Å². The highest BCUT2D eigenvalue weighted by atomic mass is 15.3. The first-order valence-corrected chi connectivity index (χ1v) is 7.74. The molecule has 0 aromatic carbocycles. The second kappa shape index (κ2) is 6.56. The standard InChI is InChI=1S/C16H29N3/c1-16(2,3)15-7-5-14(6-8-15)13-17-10-12-19-11-4-9-18-19/h4,9,11,14-15,17H,5-8,10,12-13H2,1-3H3. The Bertz CT molecular complexity index is 343. The first-order chi connectivity index (χ1) is 9.05. The molecular formula is C16H29N3. The highest BCUT2D eigenvalue weighted by molar-refractivity contribution is 4.81. The van der Waals surface area contributed by atoms with Crippen LogP contribution in [0, 0.1) is 17.3 Å². The molecule has 3 heteroatoms. The molecule has 1 aliphatic rings. The Balaban J connectivity index is 1.58. The van der Waals surface area contributed by atoms with Crippen molar-refractivity contribution in [2.24, 2.45) is 17.3 Å². The van der Waals surface area contributed by atoms with Crippen molar-refractivity contribution in [3.8, 4) is 0 Å². The fourth-order valence-corrected chi connectivity index (χ4v) is 3.17. The van der Waals surface area contributed by atoms with Crippen molar-refractivity contribution in [3.63, 3.8) is 0 Å². The number of nitrogens with zero attached hydrogens (tertiary/aromatic N) is 2. The minimum atomic E-state index is 0.499. The highest BCUT2D eigenvalue weighted by Crippen LogP contribution is 2.39. The maximum absolute atomic E-state index is 4.21. The van der Waals surface area contributed by atoms with Crippen LogP contribution in [-0.4, -0.2) is 22.9 Å². The van der Waals surface area contributed by atoms with Crippen LogP contribution in [0.4, 0.5) is 0 Å². The van der Waals surface area contributed by atoms with Crippen LogP contribution in [-0.2, 0) is 6.54 Å². The summed E-state index contributed by atoms with van der Waals surface area (Å²) in [6.07, 6.45) is 9.49. The zero-order valence-corrected chi connectivity index (χ0v) is 12.7. The molecule has 19 heavy (non-hydrogen) atoms. The monoisotopic (exact) mass is 263 g/mol. The zero-order valence-electron chi connectivity index (χ0n) is 12.7. The van der Waals surface area contributed by atoms with E-state index in [9.17, 15) is 0 Å². The van der Waals surface area contributed by atoms with Gasteiger partial charge >= 0.3 is 0 Å². The van der Waals surface area contributed by atoms with Gasteiger partial charge in [-0.1, -0.05) is 20.8 Å². The summed E-state index contributed by atoms with van der Waals surface area (Å²) in [5.41, 5.74) is 0.499. The predicted molar refractivity (Wildman–Crippen MR) is 80.0 cm³/mol. The van der Waals surface area contributed by atoms with Crippen LogP contribution in [0.1, 0.15) is 46.5 Å². The summed E-state index contributed by atoms with van der Waals surface area (Å²) in [6, 6.07) is 1.98. The fraction of sp³-hybridized carbons (Fsp3) is 0.812. The molecule has 0 radical (unpaired) electrons. The van der Waals surface area contributed by atoms with Gasteiger partial charge in [0.25, 0.3) is 0 Å². The first kappa shape index (κ1) is 14.6. The Kier molecular flexibility index (Phi) is 5.03. The smallest absolute Gasteiger partial charge is 0.0533 e. The van der Waals surface area contributed by atoms with Crippen LogP contribution >= 0.6 is 0 Å². The van der Waals surface area contributed by atoms with E-state index in [-0.39, 0.29) is 0 Å². The maximum Gasteiger partial charge on any atom is 0.0533 e. The molecule has 3 nitrogen and oxygen atoms in total. The van der Waals surface area contributed by atoms with Crippen LogP contribution in [0.3, 0.4) is 0 Å². The van der Waals surface area contributed by atoms with Gasteiger partial charge in [-0.25, -0.2) is 0 Å². The van der Waals surface area contributed by atoms with Gasteiger partial charge in [0.05, 0.1) is 6.54 Å². The molecule has 1 aliphatic carbocycles. The van der Waals surface area contributed by atoms with Crippen molar-refractivity contribution in [1.29, 1.82) is 0 Å². The van der Waals surface area contributed by atoms with Crippen molar-refractivity contribution in [1.82, 2.24) is 15.1 Å². The normalized spacial score (nSPS) is 24.6. The molecule has 0 atom stereocenters. The molecule has 1 aromatic rings. The van der Waals surface area contributed by atoms with E-state index in [1.165, 1.54) is 32.2 Å². The quantitative estimate of drug-likeness (QED) is 0.826. The Hall–Kier alpha value is -0.830. The molecule has 0 aliphatic heterocycles. The van der Waals surface area contributed by atoms with Crippen LogP contribution in [0.25, 0.3) is 0 Å². The lowest BCUT2D eigenvalue weighted by atomic mass is 9.70. The van der Waals surface area contributed by atoms with Crippen molar-refractivity contribution in [3.05, 3.63) is 18.5 Å². The summed E-state index contributed by atoms with van der Waals surface area (Å²) in [4.78, 5) is 0. The highest BCUT2D eigenvalue weighted by Gasteiger charge is 2.29. The molecule has 1 saturated carbocycles. The molecule has 1 heterocycles. The second-order valence-corrected chi connectivity index (χ2v) is 7.06. The molecule has 1 fully saturated rings. The van der Waals surface area contributed by atoms with Gasteiger partial charge in [-0.2, -0.15) is 5.10 Å². The minimum absolute atomic E-state index is 0.499. The topological polar surface area (TPSA) is 29.9 Å². The van der Waals surface area contributed by atoms with Crippen molar-refractivity contribution in [2.45, 2.75) is 53.0 Å². The first-order valence-electron chi connectivity index (χ1n) is 7.74. The van der Waals surface area contributed by atoms with E-state index in [2.05, 4.69) is 31.2 Å². The Labute approximate surface area is 117 Å². The van der Waals surface area contributed by atoms with Gasteiger partial charge in [0.1, 0.15) is 0 Å². The predicted octanol–water partition coefficient (Wildman–Crippen LogP) is 3.33. The third-order valence-corrected chi connectivity index (χ3v) is 4.58. The van der Waals surface area contributed by atoms with Crippen LogP contribution in [0.5, 0.6) is 0 Å². The molecule has 0 spiro atoms. The van der Waals surface area contributed by atoms with E-state index in [0.29, 0.717) is 5.41 Å². The summed E-state index contributed by atoms with van der Waals surface area (Å²) in [7, 11) is 0. The minimum Gasteiger partial charge on any atom is -0.315 e. The summed E-state index contributed by atoms with van der Waals surface area (Å²) >= 11 is 0. The zero-order chi connectivity index (χ0) is 13.7. The Morgan fingerprint density at radius 1 is 1.21 bits per heavy atom. The molecule has 0 bridgehead atoms. The lowest BCUT2D eigenvalue weighted by Crippen LogP contribution is -2.31. The maximum atomic E-state index is 4.21. The van der Waals surface area contributed by atoms with E-state index in [4.69, 9.17) is 0 Å². The number of aromatic nitrogens is 2. The van der Waals surface area contributed by atoms with Gasteiger partial charge in [0.2, 0.25) is 0 Å². The van der Waals surface area contributed by atoms with Crippen LogP contribution in [0.2, 0.25) is 0 Å². The number of rotatable bonds is 5. The van der Waals surface area contributed by atoms with E-state index in [0.717, 1.165) is 24.9 Å². The molecule has 2 rings (SSSR count). The number of nitrogens with one attached hydrogen (secondary N) is 1. The van der Waals surface area contributed by atoms with E-state index >= 15 is 0 Å². The summed E-state index contributed by atoms with van der Waals surface area (Å²) in [5.74, 6) is 1.81. The molecule has 1 aromatic heterocycles. The van der Waals surface area contributed by atoms with Gasteiger partial charge in [0, 0.05) is 18.9 Å². The molecule has 0 amide bonds. The van der Waals surface area contributed by atoms with Gasteiger partial charge < -0.3 is 5.32 Å². The summed E-state index contributed by atoms with van der Waals surface area (Å²) in [5, 5.41) is 7.80. The van der Waals surface area contributed by atoms with E-state index < -0.39 is 0 Å². The van der Waals surface area contributed by atoms with Crippen molar-refractivity contribution >= 4 is 0 Å². The second-order valence-electron chi connectivity index (χ2n) is 7.06. The van der Waals surface area contributed by atoms with Crippen molar-refractivity contribution in [2.75, 3.05) is 13.1 Å². The molecule has 0 saturated heterocycles. The van der Waals surface area contributed by atoms with Gasteiger partial charge in [-0.15, -0.1) is 0 Å². The van der Waals surface area contributed by atoms with Gasteiger partial charge in [-0.05, 0) is 55.5 Å². The third kappa shape index (κ3) is 4.64. The Morgan fingerprint density at radius 2 is 1.95 bits per heavy atom. The van der Waals surface area contributed by atoms with E-state index in [1.807, 2.05) is 23.1 Å². The SMILES string of the molecule is CC(C)(C)C1CCC(CNCCn2cccn2)CC1. The lowest BCUT2D eigenvalue weighted by Gasteiger charge is -2.37. The summed E-state index contributed by atoms with van der Waals surface area (Å²) in [6.45, 7) is 10.4. The van der Waals surface area contributed by atoms with Crippen LogP contribution < -0.4 is 5.32 Å². The Morgan fingerprint density at radius 3 is 2.53 bits per heavy atom. The summed E-state index contributed by atoms with van der Waals surface area (Å²) < 4.78 is 1.99. The third-order valence-electron chi connectivity index (χ3n) is 4.58. The average Bonchev–Trinajstić information content (AvgIpc) is 2.87. The fourth-order valence-electron chi connectivity index (χ4n) is 3.17. The molecule has 1 N–H and O–H groups in total. The van der Waals surface area contributed by atoms with E-state index in [1.54, 1.807) is 0 Å². The van der Waals surface area contributed by atoms with Gasteiger partial charge in [0.15, 0.2) is 0 Å². The molecular weight excluding hydrogens is 234 g/mol. The largest absolute Gasteiger partial charge is 0.315 e. The lowest BCUT2D eigenvalue weighted by molar-refractivity contribution is 0.149. The van der Waals surface area contributed by atoms with Crippen LogP contribution in [0.15, 0.2) is 18.5 Å². The molecule has 0 unspecified atom stereocenters.